The summed E-state index contributed by atoms with van der Waals surface area (Å²) in [4.78, 5) is 45.7. The summed E-state index contributed by atoms with van der Waals surface area (Å²) in [5.74, 6) is -0.351. The molecule has 0 saturated heterocycles. The van der Waals surface area contributed by atoms with E-state index in [9.17, 15) is 14.4 Å². The topological polar surface area (TPSA) is 109 Å². The predicted molar refractivity (Wildman–Crippen MR) is 199 cm³/mol. The number of carbonyl (C=O) groups excluding carboxylic acids is 3. The molecule has 0 aliphatic heterocycles. The number of amides is 3. The fraction of sp³-hybridized carbons (Fsp3) is 0.0526. The van der Waals surface area contributed by atoms with Crippen molar-refractivity contribution >= 4 is 69.1 Å². The zero-order valence-electron chi connectivity index (χ0n) is 26.2. The van der Waals surface area contributed by atoms with Gasteiger partial charge >= 0.3 is 0 Å². The van der Waals surface area contributed by atoms with Crippen molar-refractivity contribution in [1.29, 1.82) is 0 Å². The molecule has 244 valence electrons. The van der Waals surface area contributed by atoms with E-state index in [1.807, 2.05) is 95.0 Å². The summed E-state index contributed by atoms with van der Waals surface area (Å²) in [6.45, 7) is 0. The first kappa shape index (κ1) is 33.4. The number of thioether (sulfide) groups is 1. The molecule has 6 rings (SSSR count). The van der Waals surface area contributed by atoms with Gasteiger partial charge in [0.25, 0.3) is 11.8 Å². The van der Waals surface area contributed by atoms with E-state index < -0.39 is 17.1 Å². The quantitative estimate of drug-likeness (QED) is 0.0869. The second-order valence-electron chi connectivity index (χ2n) is 10.6. The first-order valence-corrected chi connectivity index (χ1v) is 17.8. The molecule has 0 spiro atoms. The summed E-state index contributed by atoms with van der Waals surface area (Å²) in [7, 11) is 1.62. The number of benzene rings is 4. The molecule has 3 N–H and O–H groups in total. The van der Waals surface area contributed by atoms with E-state index in [1.165, 1.54) is 34.4 Å². The van der Waals surface area contributed by atoms with Gasteiger partial charge in [0.2, 0.25) is 5.91 Å². The van der Waals surface area contributed by atoms with Crippen molar-refractivity contribution in [2.24, 2.45) is 0 Å². The smallest absolute Gasteiger partial charge is 0.272 e. The average molecular weight is 703 g/mol. The molecule has 6 aromatic rings. The van der Waals surface area contributed by atoms with E-state index in [0.717, 1.165) is 33.0 Å². The van der Waals surface area contributed by atoms with Crippen LogP contribution in [-0.4, -0.2) is 29.8 Å². The van der Waals surface area contributed by atoms with Crippen LogP contribution in [-0.2, 0) is 9.59 Å². The van der Waals surface area contributed by atoms with E-state index in [-0.39, 0.29) is 11.6 Å². The highest BCUT2D eigenvalue weighted by Gasteiger charge is 2.24. The van der Waals surface area contributed by atoms with E-state index >= 15 is 0 Å². The molecule has 0 fully saturated rings. The molecule has 0 aliphatic rings. The van der Waals surface area contributed by atoms with Crippen molar-refractivity contribution in [3.63, 3.8) is 0 Å². The zero-order valence-corrected chi connectivity index (χ0v) is 28.6. The van der Waals surface area contributed by atoms with Crippen LogP contribution in [0.4, 0.5) is 10.8 Å². The van der Waals surface area contributed by atoms with E-state index in [2.05, 4.69) is 20.9 Å². The number of anilines is 2. The van der Waals surface area contributed by atoms with Crippen molar-refractivity contribution in [3.8, 4) is 17.0 Å². The summed E-state index contributed by atoms with van der Waals surface area (Å²) in [5, 5.41) is 14.2. The van der Waals surface area contributed by atoms with Gasteiger partial charge in [-0.2, -0.15) is 11.3 Å². The summed E-state index contributed by atoms with van der Waals surface area (Å²) >= 11 is 4.20. The summed E-state index contributed by atoms with van der Waals surface area (Å²) < 4.78 is 5.25. The molecule has 4 aromatic carbocycles. The van der Waals surface area contributed by atoms with Crippen LogP contribution in [0.5, 0.6) is 5.75 Å². The van der Waals surface area contributed by atoms with Gasteiger partial charge in [-0.05, 0) is 88.6 Å². The Hall–Kier alpha value is -5.49. The number of rotatable bonds is 12. The Morgan fingerprint density at radius 3 is 2.31 bits per heavy atom. The molecule has 2 aromatic heterocycles. The van der Waals surface area contributed by atoms with Crippen molar-refractivity contribution in [2.45, 2.75) is 10.1 Å². The number of aromatic nitrogens is 1. The first-order valence-electron chi connectivity index (χ1n) is 15.1. The van der Waals surface area contributed by atoms with Gasteiger partial charge < -0.3 is 20.7 Å². The molecule has 2 heterocycles. The highest BCUT2D eigenvalue weighted by molar-refractivity contribution is 8.00. The summed E-state index contributed by atoms with van der Waals surface area (Å²) in [6, 6.07) is 34.9. The number of nitrogens with zero attached hydrogens (tertiary/aromatic N) is 1. The van der Waals surface area contributed by atoms with Crippen molar-refractivity contribution in [3.05, 3.63) is 154 Å². The van der Waals surface area contributed by atoms with Gasteiger partial charge in [-0.25, -0.2) is 4.98 Å². The Balaban J connectivity index is 1.18. The molecule has 11 heteroatoms. The number of carbonyl (C=O) groups is 3. The minimum absolute atomic E-state index is 0.101. The third-order valence-corrected chi connectivity index (χ3v) is 9.90. The third kappa shape index (κ3) is 8.90. The lowest BCUT2D eigenvalue weighted by molar-refractivity contribution is -0.116. The van der Waals surface area contributed by atoms with E-state index in [4.69, 9.17) is 4.74 Å². The fourth-order valence-corrected chi connectivity index (χ4v) is 7.17. The van der Waals surface area contributed by atoms with Crippen LogP contribution in [0.3, 0.4) is 0 Å². The van der Waals surface area contributed by atoms with Gasteiger partial charge in [-0.15, -0.1) is 23.1 Å². The lowest BCUT2D eigenvalue weighted by Crippen LogP contribution is -2.30. The van der Waals surface area contributed by atoms with E-state index in [0.29, 0.717) is 16.4 Å². The molecule has 1 unspecified atom stereocenters. The molecule has 8 nitrogen and oxygen atoms in total. The van der Waals surface area contributed by atoms with Gasteiger partial charge in [-0.1, -0.05) is 54.6 Å². The molecule has 0 radical (unpaired) electrons. The Labute approximate surface area is 295 Å². The van der Waals surface area contributed by atoms with Crippen LogP contribution in [0.1, 0.15) is 26.7 Å². The highest BCUT2D eigenvalue weighted by atomic mass is 32.2. The minimum Gasteiger partial charge on any atom is -0.497 e. The monoisotopic (exact) mass is 702 g/mol. The Bertz CT molecular complexity index is 2060. The summed E-state index contributed by atoms with van der Waals surface area (Å²) in [5.41, 5.74) is 4.32. The fourth-order valence-electron chi connectivity index (χ4n) is 4.75. The Kier molecular flexibility index (Phi) is 11.0. The number of thiophene rings is 1. The Morgan fingerprint density at radius 2 is 1.59 bits per heavy atom. The third-order valence-electron chi connectivity index (χ3n) is 7.19. The van der Waals surface area contributed by atoms with Crippen LogP contribution in [0, 0.1) is 0 Å². The van der Waals surface area contributed by atoms with Crippen LogP contribution in [0.2, 0.25) is 0 Å². The van der Waals surface area contributed by atoms with Crippen LogP contribution >= 0.6 is 34.4 Å². The maximum Gasteiger partial charge on any atom is 0.272 e. The standard InChI is InChI=1S/C38H30N4O4S3/c1-46-30-17-15-26(16-18-30)33-24-48-38(41-33)42-37(45)34(27-9-4-2-5-10-27)49-31-14-8-13-29(22-31)39-36(44)32(21-25-19-20-47-23-25)40-35(43)28-11-6-3-7-12-28/h2-24,34H,1H3,(H,39,44)(H,40,43)(H,41,42,45)/b32-21-. The van der Waals surface area contributed by atoms with E-state index in [1.54, 1.807) is 49.6 Å². The number of methoxy groups -OCH3 is 1. The van der Waals surface area contributed by atoms with Gasteiger partial charge in [0.1, 0.15) is 16.7 Å². The van der Waals surface area contributed by atoms with Crippen molar-refractivity contribution in [1.82, 2.24) is 10.3 Å². The number of nitrogens with one attached hydrogen (secondary N) is 3. The minimum atomic E-state index is -0.611. The normalized spacial score (nSPS) is 11.7. The maximum absolute atomic E-state index is 13.8. The average Bonchev–Trinajstić information content (AvgIpc) is 3.84. The highest BCUT2D eigenvalue weighted by Crippen LogP contribution is 2.38. The van der Waals surface area contributed by atoms with Crippen molar-refractivity contribution < 1.29 is 19.1 Å². The van der Waals surface area contributed by atoms with Crippen molar-refractivity contribution in [2.75, 3.05) is 17.7 Å². The van der Waals surface area contributed by atoms with Gasteiger partial charge in [-0.3, -0.25) is 14.4 Å². The molecule has 0 aliphatic carbocycles. The molecule has 3 amide bonds. The first-order chi connectivity index (χ1) is 23.9. The molecule has 0 bridgehead atoms. The maximum atomic E-state index is 13.8. The number of ether oxygens (including phenoxy) is 1. The van der Waals surface area contributed by atoms with Crippen LogP contribution in [0.15, 0.2) is 142 Å². The second kappa shape index (κ2) is 16.1. The lowest BCUT2D eigenvalue weighted by Gasteiger charge is -2.17. The lowest BCUT2D eigenvalue weighted by atomic mass is 10.1. The molecule has 0 saturated carbocycles. The van der Waals surface area contributed by atoms with Gasteiger partial charge in [0, 0.05) is 27.1 Å². The largest absolute Gasteiger partial charge is 0.497 e. The Morgan fingerprint density at radius 1 is 0.837 bits per heavy atom. The number of thiazole rings is 1. The summed E-state index contributed by atoms with van der Waals surface area (Å²) in [6.07, 6.45) is 1.64. The molecule has 49 heavy (non-hydrogen) atoms. The zero-order chi connectivity index (χ0) is 34.0. The SMILES string of the molecule is COc1ccc(-c2csc(NC(=O)C(Sc3cccc(NC(=O)/C(=C/c4ccsc4)NC(=O)c4ccccc4)c3)c3ccccc3)n2)cc1. The van der Waals surface area contributed by atoms with Gasteiger partial charge in [0.15, 0.2) is 5.13 Å². The number of hydrogen-bond acceptors (Lipinski definition) is 8. The molecular weight excluding hydrogens is 673 g/mol. The second-order valence-corrected chi connectivity index (χ2v) is 13.4. The number of hydrogen-bond donors (Lipinski definition) is 3. The molecule has 1 atom stereocenters. The van der Waals surface area contributed by atoms with Crippen LogP contribution < -0.4 is 20.7 Å². The van der Waals surface area contributed by atoms with Crippen LogP contribution in [0.25, 0.3) is 17.3 Å². The predicted octanol–water partition coefficient (Wildman–Crippen LogP) is 8.76. The molecular formula is C38H30N4O4S3. The van der Waals surface area contributed by atoms with Gasteiger partial charge in [0.05, 0.1) is 12.8 Å².